The predicted molar refractivity (Wildman–Crippen MR) is 53.6 cm³/mol. The zero-order valence-corrected chi connectivity index (χ0v) is 8.19. The fourth-order valence-electron chi connectivity index (χ4n) is 1.90. The maximum atomic E-state index is 11.6. The number of allylic oxidation sites excluding steroid dienone is 1. The van der Waals surface area contributed by atoms with Crippen molar-refractivity contribution in [3.63, 3.8) is 0 Å². The minimum Gasteiger partial charge on any atom is -0.449 e. The number of aliphatic imine (C=N–C) groups is 1. The molecule has 0 saturated carbocycles. The van der Waals surface area contributed by atoms with E-state index in [0.717, 1.165) is 17.9 Å². The molecule has 1 amide bonds. The van der Waals surface area contributed by atoms with Crippen LogP contribution < -0.4 is 5.32 Å². The molecule has 3 heterocycles. The number of guanidine groups is 1. The van der Waals surface area contributed by atoms with E-state index >= 15 is 0 Å². The van der Waals surface area contributed by atoms with Crippen molar-refractivity contribution < 1.29 is 9.53 Å². The molecule has 0 aromatic rings. The van der Waals surface area contributed by atoms with E-state index in [9.17, 15) is 4.79 Å². The van der Waals surface area contributed by atoms with Crippen molar-refractivity contribution in [1.82, 2.24) is 10.2 Å². The number of fused-ring (bicyclic) bond motifs is 1. The average Bonchev–Trinajstić information content (AvgIpc) is 2.27. The van der Waals surface area contributed by atoms with Crippen LogP contribution >= 0.6 is 0 Å². The van der Waals surface area contributed by atoms with Crippen LogP contribution in [0.5, 0.6) is 0 Å². The van der Waals surface area contributed by atoms with Crippen molar-refractivity contribution in [2.24, 2.45) is 4.99 Å². The average molecular weight is 205 g/mol. The second-order valence-corrected chi connectivity index (χ2v) is 3.69. The quantitative estimate of drug-likeness (QED) is 0.619. The van der Waals surface area contributed by atoms with Crippen LogP contribution in [0.15, 0.2) is 28.8 Å². The summed E-state index contributed by atoms with van der Waals surface area (Å²) in [5, 5.41) is 3.05. The van der Waals surface area contributed by atoms with Gasteiger partial charge in [0.05, 0.1) is 19.4 Å². The van der Waals surface area contributed by atoms with Crippen LogP contribution in [-0.4, -0.2) is 29.9 Å². The van der Waals surface area contributed by atoms with Gasteiger partial charge in [-0.2, -0.15) is 0 Å². The first-order valence-electron chi connectivity index (χ1n) is 5.00. The molecule has 3 aliphatic rings. The van der Waals surface area contributed by atoms with Crippen LogP contribution in [0.25, 0.3) is 0 Å². The molecule has 5 heteroatoms. The highest BCUT2D eigenvalue weighted by Crippen LogP contribution is 2.22. The molecule has 0 spiro atoms. The van der Waals surface area contributed by atoms with Gasteiger partial charge < -0.3 is 4.74 Å². The highest BCUT2D eigenvalue weighted by molar-refractivity contribution is 6.00. The number of hydrogen-bond acceptors (Lipinski definition) is 4. The van der Waals surface area contributed by atoms with Crippen molar-refractivity contribution in [2.45, 2.75) is 12.8 Å². The Kier molecular flexibility index (Phi) is 1.77. The van der Waals surface area contributed by atoms with Crippen LogP contribution in [0.3, 0.4) is 0 Å². The third kappa shape index (κ3) is 1.31. The van der Waals surface area contributed by atoms with Gasteiger partial charge in [0, 0.05) is 12.0 Å². The number of carbonyl (C=O) groups excluding carboxylic acids is 1. The van der Waals surface area contributed by atoms with Crippen LogP contribution in [0, 0.1) is 0 Å². The highest BCUT2D eigenvalue weighted by atomic mass is 16.5. The molecule has 0 aromatic heterocycles. The van der Waals surface area contributed by atoms with E-state index in [1.54, 1.807) is 11.2 Å². The lowest BCUT2D eigenvalue weighted by molar-refractivity contribution is -0.127. The van der Waals surface area contributed by atoms with Gasteiger partial charge in [-0.25, -0.2) is 0 Å². The molecule has 0 aromatic carbocycles. The van der Waals surface area contributed by atoms with Crippen molar-refractivity contribution in [1.29, 1.82) is 0 Å². The lowest BCUT2D eigenvalue weighted by Gasteiger charge is -2.34. The molecule has 0 saturated heterocycles. The molecular weight excluding hydrogens is 194 g/mol. The topological polar surface area (TPSA) is 53.9 Å². The zero-order valence-electron chi connectivity index (χ0n) is 8.19. The van der Waals surface area contributed by atoms with Crippen LogP contribution in [0.1, 0.15) is 12.8 Å². The van der Waals surface area contributed by atoms with E-state index in [2.05, 4.69) is 10.3 Å². The third-order valence-electron chi connectivity index (χ3n) is 2.69. The summed E-state index contributed by atoms with van der Waals surface area (Å²) in [6.07, 6.45) is 4.94. The molecule has 0 unspecified atom stereocenters. The summed E-state index contributed by atoms with van der Waals surface area (Å²) < 4.78 is 5.34. The Morgan fingerprint density at radius 1 is 1.53 bits per heavy atom. The SMILES string of the molecule is O=C1CCN=C2NC3=C(CC=CO3)CN12. The highest BCUT2D eigenvalue weighted by Gasteiger charge is 2.31. The molecular formula is C10H11N3O2. The Morgan fingerprint density at radius 2 is 2.47 bits per heavy atom. The fraction of sp³-hybridized carbons (Fsp3) is 0.400. The molecule has 15 heavy (non-hydrogen) atoms. The Balaban J connectivity index is 1.93. The molecule has 0 fully saturated rings. The Bertz CT molecular complexity index is 409. The number of hydrogen-bond donors (Lipinski definition) is 1. The van der Waals surface area contributed by atoms with Crippen LogP contribution in [0.4, 0.5) is 0 Å². The summed E-state index contributed by atoms with van der Waals surface area (Å²) in [5.74, 6) is 1.50. The van der Waals surface area contributed by atoms with Crippen LogP contribution in [-0.2, 0) is 9.53 Å². The monoisotopic (exact) mass is 205 g/mol. The van der Waals surface area contributed by atoms with Gasteiger partial charge >= 0.3 is 0 Å². The molecule has 3 aliphatic heterocycles. The Morgan fingerprint density at radius 3 is 3.40 bits per heavy atom. The number of rotatable bonds is 0. The van der Waals surface area contributed by atoms with E-state index in [0.29, 0.717) is 25.5 Å². The number of carbonyl (C=O) groups is 1. The normalized spacial score (nSPS) is 23.9. The van der Waals surface area contributed by atoms with Crippen molar-refractivity contribution in [2.75, 3.05) is 13.1 Å². The van der Waals surface area contributed by atoms with E-state index in [4.69, 9.17) is 4.74 Å². The van der Waals surface area contributed by atoms with E-state index in [-0.39, 0.29) is 5.91 Å². The maximum Gasteiger partial charge on any atom is 0.231 e. The Labute approximate surface area is 87.1 Å². The number of ether oxygens (including phenoxy) is 1. The lowest BCUT2D eigenvalue weighted by atomic mass is 10.1. The minimum atomic E-state index is 0.133. The van der Waals surface area contributed by atoms with Gasteiger partial charge in [-0.1, -0.05) is 0 Å². The molecule has 1 N–H and O–H groups in total. The summed E-state index contributed by atoms with van der Waals surface area (Å²) >= 11 is 0. The van der Waals surface area contributed by atoms with E-state index in [1.807, 2.05) is 6.08 Å². The van der Waals surface area contributed by atoms with Gasteiger partial charge in [0.1, 0.15) is 0 Å². The van der Waals surface area contributed by atoms with Gasteiger partial charge in [-0.15, -0.1) is 0 Å². The molecule has 78 valence electrons. The molecule has 0 aliphatic carbocycles. The minimum absolute atomic E-state index is 0.133. The van der Waals surface area contributed by atoms with Gasteiger partial charge in [-0.3, -0.25) is 20.0 Å². The smallest absolute Gasteiger partial charge is 0.231 e. The van der Waals surface area contributed by atoms with Crippen molar-refractivity contribution in [3.8, 4) is 0 Å². The first kappa shape index (κ1) is 8.52. The third-order valence-corrected chi connectivity index (χ3v) is 2.69. The molecule has 0 radical (unpaired) electrons. The maximum absolute atomic E-state index is 11.6. The summed E-state index contributed by atoms with van der Waals surface area (Å²) in [6, 6.07) is 0. The summed E-state index contributed by atoms with van der Waals surface area (Å²) in [4.78, 5) is 17.6. The number of nitrogens with one attached hydrogen (secondary N) is 1. The van der Waals surface area contributed by atoms with Crippen molar-refractivity contribution >= 4 is 11.9 Å². The van der Waals surface area contributed by atoms with Gasteiger partial charge in [0.15, 0.2) is 5.88 Å². The first-order valence-corrected chi connectivity index (χ1v) is 5.00. The second kappa shape index (κ2) is 3.12. The molecule has 5 nitrogen and oxygen atoms in total. The predicted octanol–water partition coefficient (Wildman–Crippen LogP) is 0.324. The first-order chi connectivity index (χ1) is 7.34. The number of nitrogens with zero attached hydrogens (tertiary/aromatic N) is 2. The van der Waals surface area contributed by atoms with E-state index in [1.165, 1.54) is 0 Å². The number of amides is 1. The van der Waals surface area contributed by atoms with Gasteiger partial charge in [-0.05, 0) is 12.5 Å². The molecule has 0 bridgehead atoms. The summed E-state index contributed by atoms with van der Waals surface area (Å²) in [5.41, 5.74) is 1.10. The zero-order chi connectivity index (χ0) is 10.3. The molecule has 3 rings (SSSR count). The van der Waals surface area contributed by atoms with Crippen molar-refractivity contribution in [3.05, 3.63) is 23.8 Å². The van der Waals surface area contributed by atoms with E-state index < -0.39 is 0 Å². The fourth-order valence-corrected chi connectivity index (χ4v) is 1.90. The lowest BCUT2D eigenvalue weighted by Crippen LogP contribution is -2.52. The van der Waals surface area contributed by atoms with Gasteiger partial charge in [0.2, 0.25) is 11.9 Å². The largest absolute Gasteiger partial charge is 0.449 e. The molecule has 0 atom stereocenters. The van der Waals surface area contributed by atoms with Gasteiger partial charge in [0.25, 0.3) is 0 Å². The second-order valence-electron chi connectivity index (χ2n) is 3.69. The summed E-state index contributed by atoms with van der Waals surface area (Å²) in [7, 11) is 0. The Hall–Kier alpha value is -1.78. The summed E-state index contributed by atoms with van der Waals surface area (Å²) in [6.45, 7) is 1.17. The van der Waals surface area contributed by atoms with Crippen LogP contribution in [0.2, 0.25) is 0 Å². The standard InChI is InChI=1S/C10H11N3O2/c14-8-3-4-11-10-12-9-7(6-13(8)10)2-1-5-15-9/h1,5H,2-4,6H2,(H,11,12).